The van der Waals surface area contributed by atoms with E-state index in [9.17, 15) is 4.79 Å². The minimum atomic E-state index is -0.391. The first kappa shape index (κ1) is 23.0. The maximum atomic E-state index is 12.5. The topological polar surface area (TPSA) is 90.3 Å². The van der Waals surface area contributed by atoms with E-state index in [1.807, 2.05) is 36.5 Å². The van der Waals surface area contributed by atoms with Crippen LogP contribution in [0.5, 0.6) is 0 Å². The Balaban J connectivity index is 1.33. The molecule has 174 valence electrons. The third-order valence-electron chi connectivity index (χ3n) is 6.44. The molecule has 33 heavy (non-hydrogen) atoms. The molecule has 3 N–H and O–H groups in total. The van der Waals surface area contributed by atoms with Crippen molar-refractivity contribution in [3.05, 3.63) is 71.1 Å². The number of hydrogen-bond donors (Lipinski definition) is 3. The number of nitrogens with zero attached hydrogens (tertiary/aromatic N) is 2. The Hall–Kier alpha value is -3.19. The molecular formula is C26H33N5O2. The zero-order chi connectivity index (χ0) is 23.0. The number of carbonyl (C=O) groups excluding carboxylic acids is 1. The van der Waals surface area contributed by atoms with Gasteiger partial charge in [0, 0.05) is 43.8 Å². The van der Waals surface area contributed by atoms with Gasteiger partial charge in [-0.2, -0.15) is 0 Å². The van der Waals surface area contributed by atoms with Crippen molar-refractivity contribution < 1.29 is 9.53 Å². The second kappa shape index (κ2) is 11.1. The molecule has 0 bridgehead atoms. The summed E-state index contributed by atoms with van der Waals surface area (Å²) in [5.41, 5.74) is 4.23. The van der Waals surface area contributed by atoms with Crippen LogP contribution in [0.25, 0.3) is 0 Å². The first-order valence-corrected chi connectivity index (χ1v) is 11.7. The van der Waals surface area contributed by atoms with Crippen molar-refractivity contribution in [2.45, 2.75) is 44.2 Å². The van der Waals surface area contributed by atoms with Gasteiger partial charge >= 0.3 is 5.97 Å². The van der Waals surface area contributed by atoms with E-state index in [0.29, 0.717) is 0 Å². The van der Waals surface area contributed by atoms with Crippen LogP contribution in [0.4, 0.5) is 5.82 Å². The van der Waals surface area contributed by atoms with Gasteiger partial charge in [-0.25, -0.2) is 9.78 Å². The fraction of sp³-hybridized carbons (Fsp3) is 0.423. The molecule has 2 aromatic rings. The van der Waals surface area contributed by atoms with Crippen molar-refractivity contribution in [2.75, 3.05) is 32.1 Å². The molecule has 0 radical (unpaired) electrons. The third kappa shape index (κ3) is 5.79. The molecule has 3 heterocycles. The molecular weight excluding hydrogens is 414 g/mol. The largest absolute Gasteiger partial charge is 0.468 e. The van der Waals surface area contributed by atoms with Gasteiger partial charge in [0.15, 0.2) is 0 Å². The molecule has 1 fully saturated rings. The predicted molar refractivity (Wildman–Crippen MR) is 131 cm³/mol. The van der Waals surface area contributed by atoms with Gasteiger partial charge in [-0.15, -0.1) is 0 Å². The summed E-state index contributed by atoms with van der Waals surface area (Å²) in [7, 11) is 1.44. The first-order chi connectivity index (χ1) is 16.2. The number of nitrogens with one attached hydrogen (secondary N) is 3. The number of hydrogen-bond acceptors (Lipinski definition) is 7. The molecule has 1 aromatic carbocycles. The van der Waals surface area contributed by atoms with Crippen LogP contribution in [0.2, 0.25) is 0 Å². The Labute approximate surface area is 195 Å². The lowest BCUT2D eigenvalue weighted by molar-refractivity contribution is -0.146. The zero-order valence-corrected chi connectivity index (χ0v) is 19.2. The van der Waals surface area contributed by atoms with Gasteiger partial charge in [0.1, 0.15) is 11.9 Å². The van der Waals surface area contributed by atoms with Gasteiger partial charge in [0.05, 0.1) is 7.11 Å². The molecule has 1 saturated heterocycles. The lowest BCUT2D eigenvalue weighted by Gasteiger charge is -2.26. The molecule has 1 aromatic heterocycles. The Kier molecular flexibility index (Phi) is 7.73. The molecule has 2 aliphatic rings. The van der Waals surface area contributed by atoms with Crippen LogP contribution in [0.3, 0.4) is 0 Å². The summed E-state index contributed by atoms with van der Waals surface area (Å²) in [6.07, 6.45) is 8.10. The van der Waals surface area contributed by atoms with Crippen LogP contribution in [0.1, 0.15) is 42.1 Å². The van der Waals surface area contributed by atoms with Crippen LogP contribution in [-0.4, -0.2) is 54.9 Å². The smallest absolute Gasteiger partial charge is 0.327 e. The number of rotatable bonds is 9. The van der Waals surface area contributed by atoms with Crippen LogP contribution in [0, 0.1) is 5.41 Å². The van der Waals surface area contributed by atoms with E-state index in [-0.39, 0.29) is 12.0 Å². The number of likely N-dealkylation sites (tertiary alicyclic amines) is 1. The van der Waals surface area contributed by atoms with Crippen molar-refractivity contribution in [2.24, 2.45) is 0 Å². The molecule has 7 nitrogen and oxygen atoms in total. The van der Waals surface area contributed by atoms with E-state index in [1.165, 1.54) is 18.9 Å². The quantitative estimate of drug-likeness (QED) is 0.403. The summed E-state index contributed by atoms with van der Waals surface area (Å²) in [6.45, 7) is 2.54. The fourth-order valence-corrected chi connectivity index (χ4v) is 4.59. The van der Waals surface area contributed by atoms with Crippen LogP contribution in [0.15, 0.2) is 54.2 Å². The fourth-order valence-electron chi connectivity index (χ4n) is 4.59. The van der Waals surface area contributed by atoms with Crippen LogP contribution >= 0.6 is 0 Å². The van der Waals surface area contributed by atoms with E-state index in [2.05, 4.69) is 27.7 Å². The Morgan fingerprint density at radius 1 is 1.33 bits per heavy atom. The van der Waals surface area contributed by atoms with Gasteiger partial charge in [-0.3, -0.25) is 4.90 Å². The molecule has 0 amide bonds. The molecule has 0 spiro atoms. The standard InChI is InChI=1S/C26H33N5O2/c1-33-26(32)24(20-6-3-2-4-7-20)31-15-13-23(18-31)29-17-19(16-27)9-11-22-12-10-21-8-5-14-28-25(21)30-22/h2-4,6-7,10,12,16-17,23-24,27,29H,5,8-9,11,13-15,18H2,1H3,(H,28,30)/b19-17-,27-16?/t23-,24?/m1/s1. The highest BCUT2D eigenvalue weighted by atomic mass is 16.5. The van der Waals surface area contributed by atoms with E-state index in [0.717, 1.165) is 74.4 Å². The third-order valence-corrected chi connectivity index (χ3v) is 6.44. The van der Waals surface area contributed by atoms with E-state index in [1.54, 1.807) is 0 Å². The Morgan fingerprint density at radius 2 is 2.18 bits per heavy atom. The number of fused-ring (bicyclic) bond motifs is 1. The number of anilines is 1. The summed E-state index contributed by atoms with van der Waals surface area (Å²) >= 11 is 0. The summed E-state index contributed by atoms with van der Waals surface area (Å²) < 4.78 is 5.09. The summed E-state index contributed by atoms with van der Waals surface area (Å²) in [5.74, 6) is 0.784. The number of esters is 1. The summed E-state index contributed by atoms with van der Waals surface area (Å²) in [6, 6.07) is 13.9. The maximum absolute atomic E-state index is 12.5. The van der Waals surface area contributed by atoms with Crippen molar-refractivity contribution in [3.63, 3.8) is 0 Å². The lowest BCUT2D eigenvalue weighted by Crippen LogP contribution is -2.36. The maximum Gasteiger partial charge on any atom is 0.327 e. The minimum Gasteiger partial charge on any atom is -0.468 e. The molecule has 4 rings (SSSR count). The van der Waals surface area contributed by atoms with Gasteiger partial charge in [-0.1, -0.05) is 36.4 Å². The number of benzene rings is 1. The average Bonchev–Trinajstić information content (AvgIpc) is 3.33. The molecule has 1 unspecified atom stereocenters. The minimum absolute atomic E-state index is 0.224. The normalized spacial score (nSPS) is 19.3. The number of allylic oxidation sites excluding steroid dienone is 1. The van der Waals surface area contributed by atoms with E-state index >= 15 is 0 Å². The Morgan fingerprint density at radius 3 is 2.97 bits per heavy atom. The molecule has 2 aliphatic heterocycles. The highest BCUT2D eigenvalue weighted by Gasteiger charge is 2.33. The van der Waals surface area contributed by atoms with Crippen molar-refractivity contribution >= 4 is 18.0 Å². The molecule has 7 heteroatoms. The predicted octanol–water partition coefficient (Wildman–Crippen LogP) is 3.48. The zero-order valence-electron chi connectivity index (χ0n) is 19.2. The Bertz CT molecular complexity index is 991. The average molecular weight is 448 g/mol. The number of aryl methyl sites for hydroxylation is 2. The number of pyridine rings is 1. The SMILES string of the molecule is COC(=O)C(c1ccccc1)N1CC[C@@H](N/C=C(\C=N)CCc2ccc3c(n2)NCCC3)C1. The van der Waals surface area contributed by atoms with Gasteiger partial charge < -0.3 is 20.8 Å². The van der Waals surface area contributed by atoms with Gasteiger partial charge in [0.25, 0.3) is 0 Å². The second-order valence-electron chi connectivity index (χ2n) is 8.69. The molecule has 0 aliphatic carbocycles. The van der Waals surface area contributed by atoms with Crippen LogP contribution < -0.4 is 10.6 Å². The summed E-state index contributed by atoms with van der Waals surface area (Å²) in [5, 5.41) is 14.7. The highest BCUT2D eigenvalue weighted by molar-refractivity contribution is 5.77. The monoisotopic (exact) mass is 447 g/mol. The lowest BCUT2D eigenvalue weighted by atomic mass is 10.0. The van der Waals surface area contributed by atoms with Crippen LogP contribution in [-0.2, 0) is 22.4 Å². The first-order valence-electron chi connectivity index (χ1n) is 11.7. The van der Waals surface area contributed by atoms with Gasteiger partial charge in [0.2, 0.25) is 0 Å². The van der Waals surface area contributed by atoms with Crippen molar-refractivity contribution in [3.8, 4) is 0 Å². The van der Waals surface area contributed by atoms with Gasteiger partial charge in [-0.05, 0) is 54.9 Å². The van der Waals surface area contributed by atoms with E-state index in [4.69, 9.17) is 15.1 Å². The van der Waals surface area contributed by atoms with Crippen molar-refractivity contribution in [1.82, 2.24) is 15.2 Å². The second-order valence-corrected chi connectivity index (χ2v) is 8.69. The molecule has 0 saturated carbocycles. The number of carbonyl (C=O) groups is 1. The number of methoxy groups -OCH3 is 1. The van der Waals surface area contributed by atoms with Crippen molar-refractivity contribution in [1.29, 1.82) is 5.41 Å². The summed E-state index contributed by atoms with van der Waals surface area (Å²) in [4.78, 5) is 19.4. The number of aromatic nitrogens is 1. The molecule has 2 atom stereocenters. The van der Waals surface area contributed by atoms with E-state index < -0.39 is 6.04 Å². The number of ether oxygens (including phenoxy) is 1. The highest BCUT2D eigenvalue weighted by Crippen LogP contribution is 2.26.